The molecule has 2 heterocycles. The van der Waals surface area contributed by atoms with Crippen molar-refractivity contribution >= 4 is 54.9 Å². The SMILES string of the molecule is COC(=O)N(C(=O)[C@@H](N)C(c1ccccc1)c1ccccc1)[C@H](c1ccc([C@@H](CO)N(CCC(C)(C)C)S(=O)(=O)c2ccc3ncsc3c2)s1)C(F)(F)F. The minimum absolute atomic E-state index is 0.0223. The fourth-order valence-corrected chi connectivity index (χ4v) is 9.84. The smallest absolute Gasteiger partial charge is 0.417 e. The van der Waals surface area contributed by atoms with Gasteiger partial charge in [-0.1, -0.05) is 81.4 Å². The number of carbonyl (C=O) groups is 2. The van der Waals surface area contributed by atoms with E-state index in [1.807, 2.05) is 20.8 Å². The third-order valence-corrected chi connectivity index (χ3v) is 12.8. The summed E-state index contributed by atoms with van der Waals surface area (Å²) in [6.07, 6.45) is -6.46. The van der Waals surface area contributed by atoms with Crippen LogP contribution in [0.1, 0.15) is 66.1 Å². The van der Waals surface area contributed by atoms with E-state index >= 15 is 13.2 Å². The van der Waals surface area contributed by atoms with Gasteiger partial charge in [-0.2, -0.15) is 17.5 Å². The molecule has 0 unspecified atom stereocenters. The molecule has 2 amide bonds. The summed E-state index contributed by atoms with van der Waals surface area (Å²) in [5, 5.41) is 10.7. The fourth-order valence-electron chi connectivity index (χ4n) is 6.12. The molecule has 16 heteroatoms. The molecule has 0 saturated heterocycles. The van der Waals surface area contributed by atoms with Gasteiger partial charge in [0.1, 0.15) is 0 Å². The molecule has 0 spiro atoms. The second-order valence-corrected chi connectivity index (χ2v) is 17.7. The molecular weight excluding hydrogens is 762 g/mol. The Labute approximate surface area is 320 Å². The summed E-state index contributed by atoms with van der Waals surface area (Å²) in [4.78, 5) is 31.1. The van der Waals surface area contributed by atoms with Crippen molar-refractivity contribution < 1.29 is 41.0 Å². The van der Waals surface area contributed by atoms with Crippen LogP contribution in [0.5, 0.6) is 0 Å². The monoisotopic (exact) mass is 802 g/mol. The second-order valence-electron chi connectivity index (χ2n) is 13.8. The standard InChI is InChI=1S/C38H41F3N4O6S3/c1-37(2,3)19-20-44(54(49,50)26-15-16-27-31(21-26)52-23-43-27)28(22-46)29-17-18-30(53-29)34(38(39,40)41)45(36(48)51-4)35(47)33(42)32(24-11-7-5-8-12-24)25-13-9-6-10-14-25/h5-18,21,23,28,32-34,46H,19-20,22,42H2,1-4H3/t28-,33+,34-/m1/s1. The number of amides is 2. The number of hydrogen-bond donors (Lipinski definition) is 2. The van der Waals surface area contributed by atoms with Gasteiger partial charge in [0.25, 0.3) is 5.91 Å². The number of nitrogens with two attached hydrogens (primary N) is 1. The number of hydrogen-bond acceptors (Lipinski definition) is 10. The third-order valence-electron chi connectivity index (χ3n) is 8.90. The number of aliphatic hydroxyl groups is 1. The molecule has 5 aromatic rings. The summed E-state index contributed by atoms with van der Waals surface area (Å²) < 4.78 is 80.7. The molecule has 54 heavy (non-hydrogen) atoms. The van der Waals surface area contributed by atoms with Gasteiger partial charge in [0, 0.05) is 22.2 Å². The zero-order chi connectivity index (χ0) is 39.4. The van der Waals surface area contributed by atoms with Gasteiger partial charge in [-0.25, -0.2) is 23.1 Å². The number of imide groups is 1. The Hall–Kier alpha value is -4.19. The Kier molecular flexibility index (Phi) is 12.7. The molecule has 0 aliphatic rings. The highest BCUT2D eigenvalue weighted by molar-refractivity contribution is 7.89. The predicted molar refractivity (Wildman–Crippen MR) is 202 cm³/mol. The summed E-state index contributed by atoms with van der Waals surface area (Å²) >= 11 is 1.78. The van der Waals surface area contributed by atoms with Gasteiger partial charge in [0.15, 0.2) is 6.04 Å². The number of sulfonamides is 1. The molecule has 0 saturated carbocycles. The lowest BCUT2D eigenvalue weighted by Gasteiger charge is -2.34. The summed E-state index contributed by atoms with van der Waals surface area (Å²) in [7, 11) is -3.47. The number of ether oxygens (including phenoxy) is 1. The Morgan fingerprint density at radius 3 is 2.06 bits per heavy atom. The van der Waals surface area contributed by atoms with E-state index in [4.69, 9.17) is 10.5 Å². The number of thiazole rings is 1. The highest BCUT2D eigenvalue weighted by Gasteiger charge is 2.52. The van der Waals surface area contributed by atoms with Crippen molar-refractivity contribution in [1.82, 2.24) is 14.2 Å². The van der Waals surface area contributed by atoms with E-state index in [-0.39, 0.29) is 26.6 Å². The molecule has 0 aliphatic carbocycles. The summed E-state index contributed by atoms with van der Waals surface area (Å²) in [6.45, 7) is 4.89. The van der Waals surface area contributed by atoms with E-state index in [1.165, 1.54) is 29.5 Å². The molecular formula is C38H41F3N4O6S3. The topological polar surface area (TPSA) is 143 Å². The maximum absolute atomic E-state index is 15.2. The third kappa shape index (κ3) is 9.01. The van der Waals surface area contributed by atoms with Gasteiger partial charge in [0.2, 0.25) is 10.0 Å². The molecule has 5 rings (SSSR count). The van der Waals surface area contributed by atoms with E-state index in [0.717, 1.165) is 17.5 Å². The average molecular weight is 803 g/mol. The van der Waals surface area contributed by atoms with E-state index in [2.05, 4.69) is 4.98 Å². The van der Waals surface area contributed by atoms with Gasteiger partial charge in [0.05, 0.1) is 46.4 Å². The van der Waals surface area contributed by atoms with Crippen molar-refractivity contribution in [1.29, 1.82) is 0 Å². The lowest BCUT2D eigenvalue weighted by atomic mass is 9.84. The maximum Gasteiger partial charge on any atom is 0.417 e. The Morgan fingerprint density at radius 1 is 0.926 bits per heavy atom. The van der Waals surface area contributed by atoms with E-state index in [9.17, 15) is 23.1 Å². The number of carbonyl (C=O) groups excluding carboxylic acids is 2. The number of halogens is 3. The normalized spacial score (nSPS) is 14.3. The Morgan fingerprint density at radius 2 is 1.52 bits per heavy atom. The zero-order valence-electron chi connectivity index (χ0n) is 29.9. The number of methoxy groups -OCH3 is 1. The number of rotatable bonds is 13. The molecule has 0 radical (unpaired) electrons. The van der Waals surface area contributed by atoms with Crippen molar-refractivity contribution in [3.05, 3.63) is 117 Å². The first-order valence-corrected chi connectivity index (χ1v) is 20.0. The average Bonchev–Trinajstić information content (AvgIpc) is 3.81. The first-order chi connectivity index (χ1) is 25.5. The fraction of sp³-hybridized carbons (Fsp3) is 0.342. The van der Waals surface area contributed by atoms with Gasteiger partial charge in [-0.05, 0) is 53.3 Å². The number of nitrogens with zero attached hydrogens (tertiary/aromatic N) is 3. The van der Waals surface area contributed by atoms with E-state index in [0.29, 0.717) is 39.1 Å². The lowest BCUT2D eigenvalue weighted by molar-refractivity contribution is -0.186. The number of thiophene rings is 1. The van der Waals surface area contributed by atoms with Crippen molar-refractivity contribution in [3.63, 3.8) is 0 Å². The molecule has 10 nitrogen and oxygen atoms in total. The van der Waals surface area contributed by atoms with Gasteiger partial charge in [-0.3, -0.25) is 4.79 Å². The quantitative estimate of drug-likeness (QED) is 0.123. The maximum atomic E-state index is 15.2. The molecule has 3 atom stereocenters. The predicted octanol–water partition coefficient (Wildman–Crippen LogP) is 7.88. The van der Waals surface area contributed by atoms with Crippen LogP contribution in [0.15, 0.2) is 101 Å². The Bertz CT molecular complexity index is 2120. The van der Waals surface area contributed by atoms with Crippen LogP contribution in [-0.4, -0.2) is 72.2 Å². The summed E-state index contributed by atoms with van der Waals surface area (Å²) in [5.41, 5.74) is 9.42. The molecule has 288 valence electrons. The number of alkyl halides is 3. The minimum Gasteiger partial charge on any atom is -0.452 e. The second kappa shape index (κ2) is 16.7. The minimum atomic E-state index is -5.22. The van der Waals surface area contributed by atoms with Crippen LogP contribution in [0, 0.1) is 5.41 Å². The van der Waals surface area contributed by atoms with Crippen LogP contribution < -0.4 is 5.73 Å². The van der Waals surface area contributed by atoms with Gasteiger partial charge in [-0.15, -0.1) is 22.7 Å². The molecule has 0 fully saturated rings. The van der Waals surface area contributed by atoms with Crippen molar-refractivity contribution in [2.24, 2.45) is 11.1 Å². The first-order valence-electron chi connectivity index (χ1n) is 16.9. The van der Waals surface area contributed by atoms with Gasteiger partial charge >= 0.3 is 12.3 Å². The van der Waals surface area contributed by atoms with Crippen LogP contribution in [0.3, 0.4) is 0 Å². The summed E-state index contributed by atoms with van der Waals surface area (Å²) in [6, 6.07) is 18.0. The lowest BCUT2D eigenvalue weighted by Crippen LogP contribution is -2.53. The van der Waals surface area contributed by atoms with Crippen LogP contribution in [-0.2, 0) is 19.6 Å². The molecule has 2 aromatic heterocycles. The van der Waals surface area contributed by atoms with Gasteiger partial charge < -0.3 is 15.6 Å². The largest absolute Gasteiger partial charge is 0.452 e. The zero-order valence-corrected chi connectivity index (χ0v) is 32.4. The highest BCUT2D eigenvalue weighted by atomic mass is 32.2. The molecule has 3 aromatic carbocycles. The van der Waals surface area contributed by atoms with Crippen LogP contribution in [0.4, 0.5) is 18.0 Å². The molecule has 0 bridgehead atoms. The van der Waals surface area contributed by atoms with E-state index in [1.54, 1.807) is 72.2 Å². The van der Waals surface area contributed by atoms with Crippen LogP contribution >= 0.6 is 22.7 Å². The molecule has 0 aliphatic heterocycles. The van der Waals surface area contributed by atoms with E-state index < -0.39 is 63.7 Å². The van der Waals surface area contributed by atoms with Crippen molar-refractivity contribution in [2.75, 3.05) is 20.3 Å². The van der Waals surface area contributed by atoms with Crippen molar-refractivity contribution in [2.45, 2.75) is 62.3 Å². The van der Waals surface area contributed by atoms with Crippen LogP contribution in [0.2, 0.25) is 0 Å². The van der Waals surface area contributed by atoms with Crippen LogP contribution in [0.25, 0.3) is 10.2 Å². The van der Waals surface area contributed by atoms with Crippen molar-refractivity contribution in [3.8, 4) is 0 Å². The summed E-state index contributed by atoms with van der Waals surface area (Å²) in [5.74, 6) is -2.28. The number of fused-ring (bicyclic) bond motifs is 1. The molecule has 3 N–H and O–H groups in total. The Balaban J connectivity index is 1.57. The first kappa shape index (κ1) is 41.0. The number of aromatic nitrogens is 1. The number of benzene rings is 3. The number of aliphatic hydroxyl groups excluding tert-OH is 1. The highest BCUT2D eigenvalue weighted by Crippen LogP contribution is 2.44.